The van der Waals surface area contributed by atoms with E-state index in [-0.39, 0.29) is 5.54 Å². The van der Waals surface area contributed by atoms with Crippen LogP contribution in [0.15, 0.2) is 12.3 Å². The second-order valence-electron chi connectivity index (χ2n) is 5.78. The van der Waals surface area contributed by atoms with Gasteiger partial charge in [0.1, 0.15) is 0 Å². The van der Waals surface area contributed by atoms with Crippen molar-refractivity contribution in [3.8, 4) is 0 Å². The number of nitrogens with one attached hydrogen (secondary N) is 2. The molecule has 0 saturated carbocycles. The van der Waals surface area contributed by atoms with Crippen molar-refractivity contribution in [2.24, 2.45) is 0 Å². The molecule has 3 rings (SSSR count). The summed E-state index contributed by atoms with van der Waals surface area (Å²) in [6.45, 7) is 9.26. The highest BCUT2D eigenvalue weighted by molar-refractivity contribution is 5.34. The third-order valence-electron chi connectivity index (χ3n) is 3.88. The maximum Gasteiger partial charge on any atom is 0.234 e. The summed E-state index contributed by atoms with van der Waals surface area (Å²) in [5, 5.41) is 7.00. The highest BCUT2D eigenvalue weighted by Crippen LogP contribution is 2.15. The van der Waals surface area contributed by atoms with E-state index in [1.807, 2.05) is 6.92 Å². The highest BCUT2D eigenvalue weighted by Gasteiger charge is 2.27. The molecule has 0 bridgehead atoms. The van der Waals surface area contributed by atoms with Gasteiger partial charge in [0.15, 0.2) is 0 Å². The Morgan fingerprint density at radius 2 is 2.26 bits per heavy atom. The number of aryl methyl sites for hydroxylation is 2. The topological polar surface area (TPSA) is 54.2 Å². The van der Waals surface area contributed by atoms with Crippen LogP contribution in [0.5, 0.6) is 0 Å². The summed E-state index contributed by atoms with van der Waals surface area (Å²) in [4.78, 5) is 9.06. The number of hydrogen-bond acceptors (Lipinski definition) is 4. The first-order chi connectivity index (χ1) is 9.06. The summed E-state index contributed by atoms with van der Waals surface area (Å²) in [7, 11) is 0. The normalized spacial score (nSPS) is 23.3. The zero-order chi connectivity index (χ0) is 13.5. The van der Waals surface area contributed by atoms with Crippen LogP contribution < -0.4 is 10.6 Å². The molecule has 5 heteroatoms. The lowest BCUT2D eigenvalue weighted by Crippen LogP contribution is -2.43. The molecule has 1 aliphatic heterocycles. The van der Waals surface area contributed by atoms with Gasteiger partial charge < -0.3 is 10.6 Å². The van der Waals surface area contributed by atoms with Crippen LogP contribution in [0, 0.1) is 13.8 Å². The summed E-state index contributed by atoms with van der Waals surface area (Å²) in [6.07, 6.45) is 3.24. The molecule has 1 atom stereocenters. The van der Waals surface area contributed by atoms with Crippen LogP contribution >= 0.6 is 0 Å². The van der Waals surface area contributed by atoms with Crippen LogP contribution in [-0.2, 0) is 6.54 Å². The smallest absolute Gasteiger partial charge is 0.234 e. The van der Waals surface area contributed by atoms with Crippen molar-refractivity contribution < 1.29 is 0 Å². The Kier molecular flexibility index (Phi) is 3.03. The fourth-order valence-corrected chi connectivity index (χ4v) is 2.68. The minimum Gasteiger partial charge on any atom is -0.315 e. The summed E-state index contributed by atoms with van der Waals surface area (Å²) < 4.78 is 2.05. The van der Waals surface area contributed by atoms with E-state index in [1.165, 1.54) is 5.69 Å². The Labute approximate surface area is 113 Å². The standard InChI is InChI=1S/C14H21N5/c1-10-6-11(2)19-8-12(18-13(19)17-10)7-16-14(3)4-5-15-9-14/h6,8,15-16H,4-5,7,9H2,1-3H3. The Bertz CT molecular complexity index is 595. The van der Waals surface area contributed by atoms with E-state index in [4.69, 9.17) is 0 Å². The maximum absolute atomic E-state index is 4.60. The van der Waals surface area contributed by atoms with E-state index in [0.29, 0.717) is 0 Å². The van der Waals surface area contributed by atoms with Crippen molar-refractivity contribution in [2.75, 3.05) is 13.1 Å². The number of aromatic nitrogens is 3. The van der Waals surface area contributed by atoms with Gasteiger partial charge in [0.25, 0.3) is 0 Å². The van der Waals surface area contributed by atoms with Crippen LogP contribution in [0.3, 0.4) is 0 Å². The van der Waals surface area contributed by atoms with Gasteiger partial charge in [0.05, 0.1) is 5.69 Å². The number of imidazole rings is 1. The first kappa shape index (κ1) is 12.6. The molecule has 1 fully saturated rings. The van der Waals surface area contributed by atoms with Crippen LogP contribution in [0.25, 0.3) is 5.78 Å². The summed E-state index contributed by atoms with van der Waals surface area (Å²) in [6, 6.07) is 2.08. The lowest BCUT2D eigenvalue weighted by atomic mass is 10.0. The molecule has 102 valence electrons. The third-order valence-corrected chi connectivity index (χ3v) is 3.88. The second-order valence-corrected chi connectivity index (χ2v) is 5.78. The van der Waals surface area contributed by atoms with E-state index in [2.05, 4.69) is 51.1 Å². The molecular weight excluding hydrogens is 238 g/mol. The Hall–Kier alpha value is -1.46. The van der Waals surface area contributed by atoms with Gasteiger partial charge in [-0.25, -0.2) is 9.97 Å². The zero-order valence-corrected chi connectivity index (χ0v) is 11.8. The molecule has 0 amide bonds. The Morgan fingerprint density at radius 3 is 3.00 bits per heavy atom. The highest BCUT2D eigenvalue weighted by atomic mass is 15.1. The van der Waals surface area contributed by atoms with Crippen LogP contribution in [0.1, 0.15) is 30.4 Å². The molecule has 0 spiro atoms. The molecular formula is C14H21N5. The molecule has 5 nitrogen and oxygen atoms in total. The minimum atomic E-state index is 0.189. The van der Waals surface area contributed by atoms with Crippen molar-refractivity contribution in [2.45, 2.75) is 39.3 Å². The summed E-state index contributed by atoms with van der Waals surface area (Å²) >= 11 is 0. The van der Waals surface area contributed by atoms with Gasteiger partial charge in [-0.15, -0.1) is 0 Å². The van der Waals surface area contributed by atoms with Crippen LogP contribution in [-0.4, -0.2) is 33.0 Å². The van der Waals surface area contributed by atoms with Gasteiger partial charge >= 0.3 is 0 Å². The van der Waals surface area contributed by atoms with Gasteiger partial charge in [-0.1, -0.05) is 0 Å². The molecule has 1 saturated heterocycles. The monoisotopic (exact) mass is 259 g/mol. The largest absolute Gasteiger partial charge is 0.315 e. The number of nitrogens with zero attached hydrogens (tertiary/aromatic N) is 3. The summed E-state index contributed by atoms with van der Waals surface area (Å²) in [5.74, 6) is 0.795. The fraction of sp³-hybridized carbons (Fsp3) is 0.571. The number of fused-ring (bicyclic) bond motifs is 1. The van der Waals surface area contributed by atoms with Crippen molar-refractivity contribution >= 4 is 5.78 Å². The zero-order valence-electron chi connectivity index (χ0n) is 11.8. The number of rotatable bonds is 3. The molecule has 1 aliphatic rings. The van der Waals surface area contributed by atoms with Gasteiger partial charge in [0.2, 0.25) is 5.78 Å². The maximum atomic E-state index is 4.60. The van der Waals surface area contributed by atoms with E-state index < -0.39 is 0 Å². The van der Waals surface area contributed by atoms with E-state index in [0.717, 1.165) is 43.2 Å². The SMILES string of the molecule is Cc1cc(C)n2cc(CNC3(C)CCNC3)nc2n1. The lowest BCUT2D eigenvalue weighted by Gasteiger charge is -2.23. The second kappa shape index (κ2) is 4.58. The summed E-state index contributed by atoms with van der Waals surface area (Å²) in [5.41, 5.74) is 3.43. The van der Waals surface area contributed by atoms with Gasteiger partial charge in [-0.05, 0) is 39.8 Å². The molecule has 2 aromatic heterocycles. The van der Waals surface area contributed by atoms with Crippen molar-refractivity contribution in [3.05, 3.63) is 29.3 Å². The molecule has 0 aliphatic carbocycles. The molecule has 0 aromatic carbocycles. The third kappa shape index (κ3) is 2.48. The van der Waals surface area contributed by atoms with Crippen LogP contribution in [0.2, 0.25) is 0 Å². The van der Waals surface area contributed by atoms with E-state index in [9.17, 15) is 0 Å². The molecule has 0 radical (unpaired) electrons. The van der Waals surface area contributed by atoms with Gasteiger partial charge in [-0.2, -0.15) is 0 Å². The molecule has 3 heterocycles. The average Bonchev–Trinajstić information content (AvgIpc) is 2.93. The van der Waals surface area contributed by atoms with Crippen molar-refractivity contribution in [3.63, 3.8) is 0 Å². The van der Waals surface area contributed by atoms with Crippen LogP contribution in [0.4, 0.5) is 0 Å². The lowest BCUT2D eigenvalue weighted by molar-refractivity contribution is 0.384. The first-order valence-corrected chi connectivity index (χ1v) is 6.84. The fourth-order valence-electron chi connectivity index (χ4n) is 2.68. The Morgan fingerprint density at radius 1 is 1.42 bits per heavy atom. The molecule has 19 heavy (non-hydrogen) atoms. The average molecular weight is 259 g/mol. The predicted octanol–water partition coefficient (Wildman–Crippen LogP) is 1.19. The van der Waals surface area contributed by atoms with E-state index in [1.54, 1.807) is 0 Å². The predicted molar refractivity (Wildman–Crippen MR) is 75.2 cm³/mol. The van der Waals surface area contributed by atoms with Gasteiger partial charge in [-0.3, -0.25) is 4.40 Å². The Balaban J connectivity index is 1.80. The van der Waals surface area contributed by atoms with Crippen molar-refractivity contribution in [1.29, 1.82) is 0 Å². The molecule has 2 N–H and O–H groups in total. The van der Waals surface area contributed by atoms with Crippen molar-refractivity contribution in [1.82, 2.24) is 25.0 Å². The van der Waals surface area contributed by atoms with E-state index >= 15 is 0 Å². The quantitative estimate of drug-likeness (QED) is 0.869. The number of hydrogen-bond donors (Lipinski definition) is 2. The van der Waals surface area contributed by atoms with Gasteiger partial charge in [0, 0.05) is 36.2 Å². The minimum absolute atomic E-state index is 0.189. The molecule has 2 aromatic rings. The first-order valence-electron chi connectivity index (χ1n) is 6.84. The molecule has 1 unspecified atom stereocenters.